The van der Waals surface area contributed by atoms with Crippen LogP contribution in [-0.2, 0) is 26.2 Å². The van der Waals surface area contributed by atoms with Crippen molar-refractivity contribution in [3.8, 4) is 5.75 Å². The van der Waals surface area contributed by atoms with Gasteiger partial charge in [-0.1, -0.05) is 62.4 Å². The van der Waals surface area contributed by atoms with E-state index in [0.29, 0.717) is 24.6 Å². The molecule has 0 aliphatic heterocycles. The molecule has 8 nitrogen and oxygen atoms in total. The van der Waals surface area contributed by atoms with Crippen LogP contribution < -0.4 is 14.4 Å². The van der Waals surface area contributed by atoms with E-state index >= 15 is 0 Å². The van der Waals surface area contributed by atoms with Gasteiger partial charge in [0.1, 0.15) is 18.3 Å². The Kier molecular flexibility index (Phi) is 10.5. The number of carbonyl (C=O) groups excluding carboxylic acids is 2. The zero-order valence-electron chi connectivity index (χ0n) is 22.9. The van der Waals surface area contributed by atoms with Crippen molar-refractivity contribution in [2.24, 2.45) is 5.92 Å². The number of nitrogens with one attached hydrogen (secondary N) is 1. The second-order valence-electron chi connectivity index (χ2n) is 9.57. The van der Waals surface area contributed by atoms with Gasteiger partial charge in [-0.2, -0.15) is 0 Å². The molecule has 1 atom stereocenters. The molecular formula is C30H37N3O5S. The van der Waals surface area contributed by atoms with Gasteiger partial charge in [-0.25, -0.2) is 8.42 Å². The quantitative estimate of drug-likeness (QED) is 0.338. The van der Waals surface area contributed by atoms with E-state index in [1.54, 1.807) is 49.4 Å². The smallest absolute Gasteiger partial charge is 0.264 e. The van der Waals surface area contributed by atoms with Gasteiger partial charge in [0.2, 0.25) is 11.8 Å². The fraction of sp³-hybridized carbons (Fsp3) is 0.333. The minimum Gasteiger partial charge on any atom is -0.494 e. The van der Waals surface area contributed by atoms with Gasteiger partial charge in [0, 0.05) is 13.1 Å². The van der Waals surface area contributed by atoms with E-state index in [4.69, 9.17) is 4.74 Å². The molecule has 0 aliphatic carbocycles. The monoisotopic (exact) mass is 551 g/mol. The summed E-state index contributed by atoms with van der Waals surface area (Å²) in [6, 6.07) is 23.0. The Morgan fingerprint density at radius 2 is 1.46 bits per heavy atom. The van der Waals surface area contributed by atoms with Crippen molar-refractivity contribution in [3.05, 3.63) is 90.5 Å². The van der Waals surface area contributed by atoms with Crippen molar-refractivity contribution in [3.63, 3.8) is 0 Å². The van der Waals surface area contributed by atoms with E-state index in [0.717, 1.165) is 9.87 Å². The van der Waals surface area contributed by atoms with E-state index in [-0.39, 0.29) is 23.3 Å². The highest BCUT2D eigenvalue weighted by atomic mass is 32.2. The summed E-state index contributed by atoms with van der Waals surface area (Å²) in [5.74, 6) is 0.0299. The first-order chi connectivity index (χ1) is 18.6. The van der Waals surface area contributed by atoms with Crippen molar-refractivity contribution in [2.75, 3.05) is 24.0 Å². The standard InChI is InChI=1S/C30H37N3O5S/c1-5-38-27-18-16-26(17-19-27)33(39(36,37)28-14-10-7-11-15-28)22-29(34)32(21-25-12-8-6-9-13-25)24(4)30(35)31-20-23(2)3/h6-19,23-24H,5,20-22H2,1-4H3,(H,31,35)/t24-/m1/s1. The van der Waals surface area contributed by atoms with Crippen LogP contribution in [0.3, 0.4) is 0 Å². The molecule has 9 heteroatoms. The third-order valence-electron chi connectivity index (χ3n) is 6.09. The summed E-state index contributed by atoms with van der Waals surface area (Å²) in [6.45, 7) is 8.09. The maximum atomic E-state index is 13.9. The van der Waals surface area contributed by atoms with Crippen molar-refractivity contribution in [1.82, 2.24) is 10.2 Å². The Balaban J connectivity index is 1.98. The fourth-order valence-electron chi connectivity index (χ4n) is 3.94. The van der Waals surface area contributed by atoms with Crippen molar-refractivity contribution < 1.29 is 22.7 Å². The number of hydrogen-bond donors (Lipinski definition) is 1. The van der Waals surface area contributed by atoms with Crippen LogP contribution in [0.25, 0.3) is 0 Å². The van der Waals surface area contributed by atoms with Gasteiger partial charge in [-0.05, 0) is 61.7 Å². The second-order valence-corrected chi connectivity index (χ2v) is 11.4. The average molecular weight is 552 g/mol. The van der Waals surface area contributed by atoms with E-state index in [9.17, 15) is 18.0 Å². The lowest BCUT2D eigenvalue weighted by atomic mass is 10.1. The number of rotatable bonds is 13. The highest BCUT2D eigenvalue weighted by molar-refractivity contribution is 7.92. The summed E-state index contributed by atoms with van der Waals surface area (Å²) >= 11 is 0. The first-order valence-corrected chi connectivity index (χ1v) is 14.5. The fourth-order valence-corrected chi connectivity index (χ4v) is 5.37. The van der Waals surface area contributed by atoms with Gasteiger partial charge >= 0.3 is 0 Å². The van der Waals surface area contributed by atoms with Crippen LogP contribution in [0.15, 0.2) is 89.8 Å². The van der Waals surface area contributed by atoms with Gasteiger partial charge in [-0.15, -0.1) is 0 Å². The first-order valence-electron chi connectivity index (χ1n) is 13.0. The lowest BCUT2D eigenvalue weighted by Crippen LogP contribution is -2.51. The number of benzene rings is 3. The SMILES string of the molecule is CCOc1ccc(N(CC(=O)N(Cc2ccccc2)[C@H](C)C(=O)NCC(C)C)S(=O)(=O)c2ccccc2)cc1. The number of carbonyl (C=O) groups is 2. The molecule has 0 saturated carbocycles. The van der Waals surface area contributed by atoms with Crippen LogP contribution in [0.2, 0.25) is 0 Å². The first kappa shape index (κ1) is 29.7. The van der Waals surface area contributed by atoms with Crippen LogP contribution in [0.4, 0.5) is 5.69 Å². The number of ether oxygens (including phenoxy) is 1. The molecule has 0 saturated heterocycles. The topological polar surface area (TPSA) is 96.0 Å². The zero-order valence-corrected chi connectivity index (χ0v) is 23.7. The number of sulfonamides is 1. The van der Waals surface area contributed by atoms with Gasteiger partial charge in [0.15, 0.2) is 0 Å². The van der Waals surface area contributed by atoms with E-state index in [1.807, 2.05) is 51.1 Å². The number of amides is 2. The molecule has 0 fully saturated rings. The zero-order chi connectivity index (χ0) is 28.4. The molecule has 0 radical (unpaired) electrons. The second kappa shape index (κ2) is 13.8. The van der Waals surface area contributed by atoms with Crippen molar-refractivity contribution in [2.45, 2.75) is 45.2 Å². The van der Waals surface area contributed by atoms with Gasteiger partial charge in [-0.3, -0.25) is 13.9 Å². The van der Waals surface area contributed by atoms with Crippen LogP contribution in [0, 0.1) is 5.92 Å². The Morgan fingerprint density at radius 3 is 2.03 bits per heavy atom. The molecule has 0 aromatic heterocycles. The summed E-state index contributed by atoms with van der Waals surface area (Å²) < 4.78 is 34.2. The third kappa shape index (κ3) is 8.07. The molecule has 0 heterocycles. The lowest BCUT2D eigenvalue weighted by Gasteiger charge is -2.32. The summed E-state index contributed by atoms with van der Waals surface area (Å²) in [7, 11) is -4.10. The van der Waals surface area contributed by atoms with Gasteiger partial charge in [0.05, 0.1) is 17.2 Å². The highest BCUT2D eigenvalue weighted by Crippen LogP contribution is 2.26. The van der Waals surface area contributed by atoms with Gasteiger partial charge < -0.3 is 15.0 Å². The summed E-state index contributed by atoms with van der Waals surface area (Å²) in [5, 5.41) is 2.88. The molecule has 2 amide bonds. The molecule has 0 bridgehead atoms. The third-order valence-corrected chi connectivity index (χ3v) is 7.88. The molecule has 0 unspecified atom stereocenters. The van der Waals surface area contributed by atoms with Crippen LogP contribution in [0.5, 0.6) is 5.75 Å². The predicted molar refractivity (Wildman–Crippen MR) is 153 cm³/mol. The lowest BCUT2D eigenvalue weighted by molar-refractivity contribution is -0.139. The highest BCUT2D eigenvalue weighted by Gasteiger charge is 2.32. The largest absolute Gasteiger partial charge is 0.494 e. The Morgan fingerprint density at radius 1 is 0.872 bits per heavy atom. The van der Waals surface area contributed by atoms with E-state index in [2.05, 4.69) is 5.32 Å². The number of anilines is 1. The average Bonchev–Trinajstić information content (AvgIpc) is 2.94. The van der Waals surface area contributed by atoms with Crippen molar-refractivity contribution in [1.29, 1.82) is 0 Å². The summed E-state index contributed by atoms with van der Waals surface area (Å²) in [4.78, 5) is 28.4. The molecule has 0 spiro atoms. The maximum absolute atomic E-state index is 13.9. The van der Waals surface area contributed by atoms with Crippen LogP contribution >= 0.6 is 0 Å². The Hall–Kier alpha value is -3.85. The van der Waals surface area contributed by atoms with Crippen molar-refractivity contribution >= 4 is 27.5 Å². The minimum absolute atomic E-state index is 0.0593. The maximum Gasteiger partial charge on any atom is 0.264 e. The van der Waals surface area contributed by atoms with Gasteiger partial charge in [0.25, 0.3) is 10.0 Å². The molecule has 3 aromatic carbocycles. The Bertz CT molecular complexity index is 1310. The molecule has 1 N–H and O–H groups in total. The predicted octanol–water partition coefficient (Wildman–Crippen LogP) is 4.47. The molecule has 3 rings (SSSR count). The van der Waals surface area contributed by atoms with Crippen LogP contribution in [0.1, 0.15) is 33.3 Å². The molecule has 0 aliphatic rings. The van der Waals surface area contributed by atoms with E-state index in [1.165, 1.54) is 17.0 Å². The molecule has 3 aromatic rings. The van der Waals surface area contributed by atoms with Crippen LogP contribution in [-0.4, -0.2) is 50.9 Å². The van der Waals surface area contributed by atoms with E-state index < -0.39 is 28.5 Å². The molecule has 39 heavy (non-hydrogen) atoms. The number of nitrogens with zero attached hydrogens (tertiary/aromatic N) is 2. The minimum atomic E-state index is -4.10. The molecule has 208 valence electrons. The Labute approximate surface area is 231 Å². The summed E-state index contributed by atoms with van der Waals surface area (Å²) in [6.07, 6.45) is 0. The normalized spacial score (nSPS) is 12.0. The number of hydrogen-bond acceptors (Lipinski definition) is 5. The summed E-state index contributed by atoms with van der Waals surface area (Å²) in [5.41, 5.74) is 1.14. The molecular weight excluding hydrogens is 514 g/mol.